The fourth-order valence-electron chi connectivity index (χ4n) is 2.98. The SMILES string of the molecule is CCCCN(C(=O)OCC)C1(C(=O)OCC)CCCCC1. The van der Waals surface area contributed by atoms with E-state index in [1.807, 2.05) is 0 Å². The molecule has 0 aromatic rings. The lowest BCUT2D eigenvalue weighted by Crippen LogP contribution is -2.59. The Balaban J connectivity index is 3.02. The quantitative estimate of drug-likeness (QED) is 0.675. The summed E-state index contributed by atoms with van der Waals surface area (Å²) in [4.78, 5) is 26.6. The van der Waals surface area contributed by atoms with Gasteiger partial charge in [0, 0.05) is 6.54 Å². The molecule has 0 atom stereocenters. The van der Waals surface area contributed by atoms with Crippen LogP contribution in [0.2, 0.25) is 0 Å². The molecule has 5 nitrogen and oxygen atoms in total. The zero-order valence-corrected chi connectivity index (χ0v) is 13.7. The summed E-state index contributed by atoms with van der Waals surface area (Å²) in [6.45, 7) is 6.86. The van der Waals surface area contributed by atoms with Crippen molar-refractivity contribution < 1.29 is 19.1 Å². The molecule has 1 rings (SSSR count). The lowest BCUT2D eigenvalue weighted by atomic mass is 9.80. The van der Waals surface area contributed by atoms with Crippen LogP contribution in [-0.4, -0.2) is 42.3 Å². The standard InChI is InChI=1S/C16H29NO4/c1-4-7-13-17(15(19)21-6-3)16(14(18)20-5-2)11-9-8-10-12-16/h4-13H2,1-3H3. The van der Waals surface area contributed by atoms with E-state index in [0.717, 1.165) is 32.1 Å². The molecule has 0 aromatic heterocycles. The lowest BCUT2D eigenvalue weighted by Gasteiger charge is -2.43. The number of carbonyl (C=O) groups excluding carboxylic acids is 2. The maximum Gasteiger partial charge on any atom is 0.410 e. The number of amides is 1. The predicted octanol–water partition coefficient (Wildman–Crippen LogP) is 3.51. The van der Waals surface area contributed by atoms with Gasteiger partial charge >= 0.3 is 12.1 Å². The number of carbonyl (C=O) groups is 2. The van der Waals surface area contributed by atoms with Gasteiger partial charge in [-0.05, 0) is 33.1 Å². The predicted molar refractivity (Wildman–Crippen MR) is 81.1 cm³/mol. The summed E-state index contributed by atoms with van der Waals surface area (Å²) in [5.41, 5.74) is -0.824. The van der Waals surface area contributed by atoms with Crippen molar-refractivity contribution in [3.63, 3.8) is 0 Å². The van der Waals surface area contributed by atoms with E-state index in [9.17, 15) is 9.59 Å². The molecule has 5 heteroatoms. The van der Waals surface area contributed by atoms with E-state index in [-0.39, 0.29) is 12.1 Å². The molecule has 122 valence electrons. The van der Waals surface area contributed by atoms with Crippen LogP contribution in [-0.2, 0) is 14.3 Å². The van der Waals surface area contributed by atoms with Gasteiger partial charge in [-0.1, -0.05) is 32.6 Å². The molecule has 0 N–H and O–H groups in total. The number of rotatable bonds is 7. The van der Waals surface area contributed by atoms with Crippen molar-refractivity contribution in [2.24, 2.45) is 0 Å². The summed E-state index contributed by atoms with van der Waals surface area (Å²) in [7, 11) is 0. The fourth-order valence-corrected chi connectivity index (χ4v) is 2.98. The second kappa shape index (κ2) is 8.90. The molecule has 0 spiro atoms. The van der Waals surface area contributed by atoms with Crippen molar-refractivity contribution in [3.05, 3.63) is 0 Å². The van der Waals surface area contributed by atoms with Crippen molar-refractivity contribution in [2.75, 3.05) is 19.8 Å². The molecule has 1 aliphatic carbocycles. The molecular formula is C16H29NO4. The van der Waals surface area contributed by atoms with Crippen molar-refractivity contribution >= 4 is 12.1 Å². The molecule has 21 heavy (non-hydrogen) atoms. The minimum Gasteiger partial charge on any atom is -0.464 e. The van der Waals surface area contributed by atoms with Gasteiger partial charge in [-0.3, -0.25) is 4.90 Å². The average Bonchev–Trinajstić information content (AvgIpc) is 2.49. The van der Waals surface area contributed by atoms with Crippen LogP contribution < -0.4 is 0 Å². The Kier molecular flexibility index (Phi) is 7.54. The second-order valence-electron chi connectivity index (χ2n) is 5.52. The van der Waals surface area contributed by atoms with Crippen LogP contribution in [0.4, 0.5) is 4.79 Å². The fraction of sp³-hybridized carbons (Fsp3) is 0.875. The van der Waals surface area contributed by atoms with Gasteiger partial charge in [0.25, 0.3) is 0 Å². The largest absolute Gasteiger partial charge is 0.464 e. The highest BCUT2D eigenvalue weighted by molar-refractivity contribution is 5.86. The molecule has 1 aliphatic rings. The number of hydrogen-bond donors (Lipinski definition) is 0. The van der Waals surface area contributed by atoms with Gasteiger partial charge in [-0.15, -0.1) is 0 Å². The van der Waals surface area contributed by atoms with Crippen molar-refractivity contribution in [1.29, 1.82) is 0 Å². The van der Waals surface area contributed by atoms with Gasteiger partial charge in [-0.25, -0.2) is 9.59 Å². The van der Waals surface area contributed by atoms with Crippen LogP contribution in [0.1, 0.15) is 65.7 Å². The van der Waals surface area contributed by atoms with Crippen molar-refractivity contribution in [3.8, 4) is 0 Å². The normalized spacial score (nSPS) is 17.1. The Morgan fingerprint density at radius 1 is 1.00 bits per heavy atom. The Labute approximate surface area is 128 Å². The summed E-state index contributed by atoms with van der Waals surface area (Å²) < 4.78 is 10.5. The molecule has 0 aromatic carbocycles. The summed E-state index contributed by atoms with van der Waals surface area (Å²) in [6, 6.07) is 0. The monoisotopic (exact) mass is 299 g/mol. The van der Waals surface area contributed by atoms with Gasteiger partial charge in [0.05, 0.1) is 13.2 Å². The molecule has 1 saturated carbocycles. The van der Waals surface area contributed by atoms with Crippen molar-refractivity contribution in [1.82, 2.24) is 4.90 Å². The molecular weight excluding hydrogens is 270 g/mol. The first-order chi connectivity index (χ1) is 10.1. The van der Waals surface area contributed by atoms with E-state index >= 15 is 0 Å². The highest BCUT2D eigenvalue weighted by Crippen LogP contribution is 2.35. The Morgan fingerprint density at radius 2 is 1.62 bits per heavy atom. The van der Waals surface area contributed by atoms with E-state index in [2.05, 4.69) is 6.92 Å². The van der Waals surface area contributed by atoms with Gasteiger partial charge < -0.3 is 9.47 Å². The first kappa shape index (κ1) is 17.8. The number of ether oxygens (including phenoxy) is 2. The maximum absolute atomic E-state index is 12.6. The molecule has 0 bridgehead atoms. The topological polar surface area (TPSA) is 55.8 Å². The van der Waals surface area contributed by atoms with Crippen LogP contribution in [0.5, 0.6) is 0 Å². The van der Waals surface area contributed by atoms with E-state index in [4.69, 9.17) is 9.47 Å². The average molecular weight is 299 g/mol. The molecule has 0 unspecified atom stereocenters. The zero-order valence-electron chi connectivity index (χ0n) is 13.7. The summed E-state index contributed by atoms with van der Waals surface area (Å²) in [5.74, 6) is -0.270. The minimum absolute atomic E-state index is 0.270. The molecule has 0 radical (unpaired) electrons. The molecule has 1 amide bonds. The molecule has 0 saturated heterocycles. The Hall–Kier alpha value is -1.26. The van der Waals surface area contributed by atoms with Crippen LogP contribution in [0.3, 0.4) is 0 Å². The van der Waals surface area contributed by atoms with Gasteiger partial charge in [-0.2, -0.15) is 0 Å². The number of unbranched alkanes of at least 4 members (excludes halogenated alkanes) is 1. The van der Waals surface area contributed by atoms with E-state index in [0.29, 0.717) is 32.6 Å². The first-order valence-electron chi connectivity index (χ1n) is 8.24. The lowest BCUT2D eigenvalue weighted by molar-refractivity contribution is -0.159. The minimum atomic E-state index is -0.824. The van der Waals surface area contributed by atoms with Crippen LogP contribution in [0.15, 0.2) is 0 Å². The van der Waals surface area contributed by atoms with Gasteiger partial charge in [0.1, 0.15) is 5.54 Å². The van der Waals surface area contributed by atoms with E-state index < -0.39 is 5.54 Å². The van der Waals surface area contributed by atoms with Crippen molar-refractivity contribution in [2.45, 2.75) is 71.3 Å². The number of esters is 1. The maximum atomic E-state index is 12.6. The van der Waals surface area contributed by atoms with Gasteiger partial charge in [0.15, 0.2) is 0 Å². The third-order valence-corrected chi connectivity index (χ3v) is 4.08. The number of nitrogens with zero attached hydrogens (tertiary/aromatic N) is 1. The van der Waals surface area contributed by atoms with Crippen LogP contribution in [0.25, 0.3) is 0 Å². The summed E-state index contributed by atoms with van der Waals surface area (Å²) >= 11 is 0. The zero-order chi connectivity index (χ0) is 15.7. The van der Waals surface area contributed by atoms with E-state index in [1.165, 1.54) is 0 Å². The number of hydrogen-bond acceptors (Lipinski definition) is 4. The summed E-state index contributed by atoms with van der Waals surface area (Å²) in [5, 5.41) is 0. The third kappa shape index (κ3) is 4.35. The Morgan fingerprint density at radius 3 is 2.14 bits per heavy atom. The molecule has 0 heterocycles. The molecule has 0 aliphatic heterocycles. The highest BCUT2D eigenvalue weighted by atomic mass is 16.6. The van der Waals surface area contributed by atoms with Gasteiger partial charge in [0.2, 0.25) is 0 Å². The third-order valence-electron chi connectivity index (χ3n) is 4.08. The van der Waals surface area contributed by atoms with Crippen LogP contribution >= 0.6 is 0 Å². The first-order valence-corrected chi connectivity index (χ1v) is 8.24. The highest BCUT2D eigenvalue weighted by Gasteiger charge is 2.48. The smallest absolute Gasteiger partial charge is 0.410 e. The van der Waals surface area contributed by atoms with Crippen LogP contribution in [0, 0.1) is 0 Å². The molecule has 1 fully saturated rings. The second-order valence-corrected chi connectivity index (χ2v) is 5.52. The Bertz CT molecular complexity index is 337. The van der Waals surface area contributed by atoms with E-state index in [1.54, 1.807) is 18.7 Å². The summed E-state index contributed by atoms with van der Waals surface area (Å²) in [6.07, 6.45) is 5.78.